The summed E-state index contributed by atoms with van der Waals surface area (Å²) in [5.41, 5.74) is 3.25. The first kappa shape index (κ1) is 26.0. The van der Waals surface area contributed by atoms with Gasteiger partial charge in [0.05, 0.1) is 0 Å². The largest absolute Gasteiger partial charge is 0.462 e. The maximum Gasteiger partial charge on any atom is 0.302 e. The van der Waals surface area contributed by atoms with Crippen molar-refractivity contribution in [2.45, 2.75) is 112 Å². The van der Waals surface area contributed by atoms with Gasteiger partial charge in [0.1, 0.15) is 12.2 Å². The Morgan fingerprint density at radius 1 is 1.06 bits per heavy atom. The molecule has 36 heavy (non-hydrogen) atoms. The van der Waals surface area contributed by atoms with E-state index >= 15 is 0 Å². The van der Waals surface area contributed by atoms with E-state index in [1.165, 1.54) is 37.5 Å². The van der Waals surface area contributed by atoms with Crippen molar-refractivity contribution in [3.8, 4) is 0 Å². The highest BCUT2D eigenvalue weighted by Gasteiger charge is 2.63. The van der Waals surface area contributed by atoms with E-state index in [0.717, 1.165) is 45.1 Å². The number of hydrogen-bond donors (Lipinski definition) is 0. The van der Waals surface area contributed by atoms with Crippen LogP contribution in [0.5, 0.6) is 0 Å². The summed E-state index contributed by atoms with van der Waals surface area (Å²) in [4.78, 5) is 28.8. The zero-order valence-electron chi connectivity index (χ0n) is 23.3. The minimum Gasteiger partial charge on any atom is -0.462 e. The molecule has 5 nitrogen and oxygen atoms in total. The van der Waals surface area contributed by atoms with Crippen LogP contribution in [0.25, 0.3) is 0 Å². The van der Waals surface area contributed by atoms with Crippen LogP contribution in [0.15, 0.2) is 16.6 Å². The third kappa shape index (κ3) is 4.36. The molecule has 5 heteroatoms. The van der Waals surface area contributed by atoms with Gasteiger partial charge >= 0.3 is 11.9 Å². The van der Waals surface area contributed by atoms with Crippen molar-refractivity contribution in [1.82, 2.24) is 0 Å². The number of carbonyl (C=O) groups excluding carboxylic acids is 2. The van der Waals surface area contributed by atoms with Crippen molar-refractivity contribution in [2.24, 2.45) is 51.3 Å². The molecule has 0 spiro atoms. The van der Waals surface area contributed by atoms with Crippen LogP contribution in [0.3, 0.4) is 0 Å². The van der Waals surface area contributed by atoms with Crippen molar-refractivity contribution < 1.29 is 19.1 Å². The number of hydrogen-bond acceptors (Lipinski definition) is 5. The van der Waals surface area contributed by atoms with E-state index in [1.54, 1.807) is 6.92 Å². The second-order valence-corrected chi connectivity index (χ2v) is 13.5. The molecule has 0 N–H and O–H groups in total. The van der Waals surface area contributed by atoms with Crippen LogP contribution < -0.4 is 0 Å². The average Bonchev–Trinajstić information content (AvgIpc) is 3.10. The number of rotatable bonds is 4. The minimum absolute atomic E-state index is 0.00816. The summed E-state index contributed by atoms with van der Waals surface area (Å²) in [5, 5.41) is 0. The number of esters is 2. The Labute approximate surface area is 217 Å². The second kappa shape index (κ2) is 9.58. The Bertz CT molecular complexity index is 954. The molecule has 1 heterocycles. The number of nitrogens with zero attached hydrogens (tertiary/aromatic N) is 1. The van der Waals surface area contributed by atoms with E-state index in [9.17, 15) is 9.59 Å². The Kier molecular flexibility index (Phi) is 6.91. The molecule has 3 saturated carbocycles. The highest BCUT2D eigenvalue weighted by atomic mass is 16.5. The number of allylic oxidation sites excluding steroid dienone is 1. The molecule has 4 aliphatic carbocycles. The van der Waals surface area contributed by atoms with Gasteiger partial charge in [-0.3, -0.25) is 14.6 Å². The zero-order valence-corrected chi connectivity index (χ0v) is 23.3. The fourth-order valence-corrected chi connectivity index (χ4v) is 9.63. The lowest BCUT2D eigenvalue weighted by Crippen LogP contribution is -2.51. The maximum absolute atomic E-state index is 12.2. The topological polar surface area (TPSA) is 65.0 Å². The van der Waals surface area contributed by atoms with Gasteiger partial charge in [0.2, 0.25) is 0 Å². The maximum atomic E-state index is 12.2. The van der Waals surface area contributed by atoms with Gasteiger partial charge in [0.25, 0.3) is 0 Å². The predicted octanol–water partition coefficient (Wildman–Crippen LogP) is 6.55. The van der Waals surface area contributed by atoms with Crippen LogP contribution in [0.1, 0.15) is 99.3 Å². The first-order valence-corrected chi connectivity index (χ1v) is 14.6. The van der Waals surface area contributed by atoms with Gasteiger partial charge < -0.3 is 9.47 Å². The van der Waals surface area contributed by atoms with Gasteiger partial charge in [-0.15, -0.1) is 0 Å². The molecule has 0 aromatic heterocycles. The molecule has 0 amide bonds. The van der Waals surface area contributed by atoms with Gasteiger partial charge in [-0.2, -0.15) is 0 Å². The lowest BCUT2D eigenvalue weighted by atomic mass is 9.47. The van der Waals surface area contributed by atoms with Crippen LogP contribution in [-0.2, 0) is 19.1 Å². The predicted molar refractivity (Wildman–Crippen MR) is 142 cm³/mol. The Balaban J connectivity index is 1.43. The summed E-state index contributed by atoms with van der Waals surface area (Å²) in [6.07, 6.45) is 12.3. The van der Waals surface area contributed by atoms with Gasteiger partial charge in [-0.05, 0) is 85.9 Å². The Morgan fingerprint density at radius 3 is 2.47 bits per heavy atom. The Hall–Kier alpha value is -1.65. The summed E-state index contributed by atoms with van der Waals surface area (Å²) in [6.45, 7) is 13.7. The number of ether oxygens (including phenoxy) is 2. The number of aliphatic imine (C=N–C) groups is 1. The van der Waals surface area contributed by atoms with Gasteiger partial charge in [0.15, 0.2) is 0 Å². The molecule has 0 aromatic rings. The lowest BCUT2D eigenvalue weighted by Gasteiger charge is -2.58. The molecular weight excluding hydrogens is 450 g/mol. The fourth-order valence-electron chi connectivity index (χ4n) is 9.63. The summed E-state index contributed by atoms with van der Waals surface area (Å²) < 4.78 is 11.7. The van der Waals surface area contributed by atoms with E-state index in [4.69, 9.17) is 14.5 Å². The SMILES string of the molecule is CC(=O)O[C@H]1CC[C@@]2(C)C(=CC[C@H]3[C@@H]4C[C@@H](OC(C)=O)[C@H]([C@H](C)C5=NCC(C)CC5)[C@@]4(C)CC[C@@H]32)C1. The van der Waals surface area contributed by atoms with Crippen molar-refractivity contribution in [1.29, 1.82) is 0 Å². The molecule has 0 bridgehead atoms. The van der Waals surface area contributed by atoms with Crippen LogP contribution >= 0.6 is 0 Å². The average molecular weight is 498 g/mol. The first-order chi connectivity index (χ1) is 17.0. The molecule has 10 atom stereocenters. The fraction of sp³-hybridized carbons (Fsp3) is 0.839. The van der Waals surface area contributed by atoms with Crippen LogP contribution in [-0.4, -0.2) is 36.4 Å². The summed E-state index contributed by atoms with van der Waals surface area (Å²) in [6, 6.07) is 0. The lowest BCUT2D eigenvalue weighted by molar-refractivity contribution is -0.150. The molecular formula is C31H47NO4. The first-order valence-electron chi connectivity index (χ1n) is 14.6. The Morgan fingerprint density at radius 2 is 1.81 bits per heavy atom. The van der Waals surface area contributed by atoms with Crippen molar-refractivity contribution in [3.63, 3.8) is 0 Å². The number of fused-ring (bicyclic) bond motifs is 5. The molecule has 5 aliphatic rings. The number of carbonyl (C=O) groups is 2. The van der Waals surface area contributed by atoms with Crippen molar-refractivity contribution in [2.75, 3.05) is 6.54 Å². The van der Waals surface area contributed by atoms with Gasteiger partial charge in [-0.1, -0.05) is 39.3 Å². The highest BCUT2D eigenvalue weighted by Crippen LogP contribution is 2.67. The van der Waals surface area contributed by atoms with E-state index in [-0.39, 0.29) is 35.0 Å². The molecule has 0 aromatic carbocycles. The van der Waals surface area contributed by atoms with E-state index in [1.807, 2.05) is 0 Å². The molecule has 1 unspecified atom stereocenters. The monoisotopic (exact) mass is 497 g/mol. The van der Waals surface area contributed by atoms with E-state index in [0.29, 0.717) is 35.5 Å². The van der Waals surface area contributed by atoms with Crippen LogP contribution in [0.4, 0.5) is 0 Å². The minimum atomic E-state index is -0.161. The van der Waals surface area contributed by atoms with Crippen LogP contribution in [0, 0.1) is 46.3 Å². The molecule has 1 aliphatic heterocycles. The summed E-state index contributed by atoms with van der Waals surface area (Å²) >= 11 is 0. The van der Waals surface area contributed by atoms with Crippen LogP contribution in [0.2, 0.25) is 0 Å². The highest BCUT2D eigenvalue weighted by molar-refractivity contribution is 5.87. The standard InChI is InChI=1S/C31H47NO4/c1-18-7-10-27(32-17-18)19(2)29-28(36-21(4)34)16-26-24-9-8-22-15-23(35-20(3)33)11-13-30(22,5)25(24)12-14-31(26,29)6/h8,18-19,23-26,28-29H,7,9-17H2,1-6H3/t18?,19-,23+,24-,25+,26+,28-,29+,30+,31+/m1/s1. The normalized spacial score (nSPS) is 44.8. The van der Waals surface area contributed by atoms with Gasteiger partial charge in [0, 0.05) is 44.4 Å². The van der Waals surface area contributed by atoms with Gasteiger partial charge in [-0.25, -0.2) is 0 Å². The van der Waals surface area contributed by atoms with Crippen molar-refractivity contribution >= 4 is 17.7 Å². The molecule has 3 fully saturated rings. The molecule has 5 rings (SSSR count). The zero-order chi connectivity index (χ0) is 25.8. The quantitative estimate of drug-likeness (QED) is 0.326. The molecule has 0 saturated heterocycles. The van der Waals surface area contributed by atoms with E-state index in [2.05, 4.69) is 33.8 Å². The second-order valence-electron chi connectivity index (χ2n) is 13.5. The molecule has 200 valence electrons. The van der Waals surface area contributed by atoms with E-state index < -0.39 is 0 Å². The van der Waals surface area contributed by atoms with Crippen molar-refractivity contribution in [3.05, 3.63) is 11.6 Å². The summed E-state index contributed by atoms with van der Waals surface area (Å²) in [7, 11) is 0. The summed E-state index contributed by atoms with van der Waals surface area (Å²) in [5.74, 6) is 2.93. The smallest absolute Gasteiger partial charge is 0.302 e. The third-order valence-corrected chi connectivity index (χ3v) is 11.4. The molecule has 0 radical (unpaired) electrons. The third-order valence-electron chi connectivity index (χ3n) is 11.4.